The maximum Gasteiger partial charge on any atom is 0.342 e. The number of carbonyl (C=O) groups is 2. The Bertz CT molecular complexity index is 1220. The number of aryl methyl sites for hydroxylation is 1. The lowest BCUT2D eigenvalue weighted by Gasteiger charge is -2.17. The number of aromatic hydroxyl groups is 1. The van der Waals surface area contributed by atoms with Crippen molar-refractivity contribution in [2.24, 2.45) is 0 Å². The minimum atomic E-state index is -4.29. The number of phenolic OH excluding ortho intramolecular Hbond substituents is 1. The van der Waals surface area contributed by atoms with E-state index in [-0.39, 0.29) is 52.9 Å². The first-order chi connectivity index (χ1) is 15.5. The van der Waals surface area contributed by atoms with Gasteiger partial charge in [-0.25, -0.2) is 4.79 Å². The predicted octanol–water partition coefficient (Wildman–Crippen LogP) is 3.89. The first-order valence-corrected chi connectivity index (χ1v) is 11.7. The van der Waals surface area contributed by atoms with Gasteiger partial charge in [0.15, 0.2) is 5.75 Å². The summed E-state index contributed by atoms with van der Waals surface area (Å²) in [6, 6.07) is 6.09. The van der Waals surface area contributed by atoms with Crippen LogP contribution in [-0.2, 0) is 37.4 Å². The molecule has 0 spiro atoms. The number of benzene rings is 2. The van der Waals surface area contributed by atoms with Crippen LogP contribution in [0.1, 0.15) is 52.4 Å². The van der Waals surface area contributed by atoms with Crippen LogP contribution in [0, 0.1) is 13.8 Å². The second-order valence-corrected chi connectivity index (χ2v) is 9.44. The van der Waals surface area contributed by atoms with Gasteiger partial charge in [0.1, 0.15) is 22.8 Å². The molecule has 9 heteroatoms. The van der Waals surface area contributed by atoms with Gasteiger partial charge in [-0.15, -0.1) is 0 Å². The van der Waals surface area contributed by atoms with Gasteiger partial charge in [-0.05, 0) is 51.3 Å². The number of rotatable bonds is 8. The molecule has 1 N–H and O–H groups in total. The van der Waals surface area contributed by atoms with E-state index in [0.29, 0.717) is 17.5 Å². The Balaban J connectivity index is 2.05. The van der Waals surface area contributed by atoms with Gasteiger partial charge in [-0.2, -0.15) is 8.42 Å². The van der Waals surface area contributed by atoms with Crippen molar-refractivity contribution in [1.29, 1.82) is 0 Å². The third-order valence-electron chi connectivity index (χ3n) is 5.56. The average Bonchev–Trinajstić information content (AvgIpc) is 3.17. The fraction of sp³-hybridized carbons (Fsp3) is 0.333. The Hall–Kier alpha value is -3.33. The average molecular weight is 475 g/mol. The topological polar surface area (TPSA) is 116 Å². The zero-order chi connectivity index (χ0) is 24.3. The first kappa shape index (κ1) is 24.3. The highest BCUT2D eigenvalue weighted by Gasteiger charge is 2.35. The summed E-state index contributed by atoms with van der Waals surface area (Å²) in [5.41, 5.74) is 2.66. The van der Waals surface area contributed by atoms with Gasteiger partial charge >= 0.3 is 22.1 Å². The van der Waals surface area contributed by atoms with Gasteiger partial charge in [0.25, 0.3) is 0 Å². The molecule has 0 aromatic heterocycles. The molecule has 0 bridgehead atoms. The minimum absolute atomic E-state index is 0.00315. The van der Waals surface area contributed by atoms with Gasteiger partial charge in [-0.1, -0.05) is 29.3 Å². The third kappa shape index (κ3) is 5.19. The van der Waals surface area contributed by atoms with Crippen LogP contribution in [0.4, 0.5) is 0 Å². The Morgan fingerprint density at radius 3 is 2.48 bits per heavy atom. The summed E-state index contributed by atoms with van der Waals surface area (Å²) in [7, 11) is -2.98. The molecule has 1 aliphatic rings. The molecule has 0 saturated carbocycles. The lowest BCUT2D eigenvalue weighted by atomic mass is 9.95. The van der Waals surface area contributed by atoms with Crippen LogP contribution in [0.5, 0.6) is 11.5 Å². The molecule has 0 radical (unpaired) electrons. The number of methoxy groups -OCH3 is 1. The smallest absolute Gasteiger partial charge is 0.342 e. The summed E-state index contributed by atoms with van der Waals surface area (Å²) >= 11 is 0. The standard InChI is InChI=1S/C24H26O8S/c1-14-5-9-17(10-6-14)33(28,29)32-23-18(11-7-15(2)8-12-20(25)30-4)22(26)16(3)19-13-31-24(27)21(19)23/h5-7,9-10,26H,8,11-13H2,1-4H3/b15-7+. The van der Waals surface area contributed by atoms with E-state index < -0.39 is 16.1 Å². The summed E-state index contributed by atoms with van der Waals surface area (Å²) in [6.07, 6.45) is 2.44. The van der Waals surface area contributed by atoms with E-state index in [4.69, 9.17) is 8.92 Å². The molecular weight excluding hydrogens is 448 g/mol. The highest BCUT2D eigenvalue weighted by atomic mass is 32.2. The molecule has 0 saturated heterocycles. The van der Waals surface area contributed by atoms with E-state index in [1.54, 1.807) is 32.1 Å². The van der Waals surface area contributed by atoms with Gasteiger partial charge in [0.05, 0.1) is 7.11 Å². The molecule has 2 aromatic rings. The van der Waals surface area contributed by atoms with E-state index in [9.17, 15) is 23.1 Å². The van der Waals surface area contributed by atoms with Gasteiger partial charge in [0, 0.05) is 17.5 Å². The number of phenols is 1. The van der Waals surface area contributed by atoms with Crippen LogP contribution < -0.4 is 4.18 Å². The summed E-state index contributed by atoms with van der Waals surface area (Å²) in [6.45, 7) is 5.18. The second kappa shape index (κ2) is 9.66. The predicted molar refractivity (Wildman–Crippen MR) is 120 cm³/mol. The first-order valence-electron chi connectivity index (χ1n) is 10.3. The van der Waals surface area contributed by atoms with Crippen molar-refractivity contribution in [2.45, 2.75) is 51.5 Å². The molecule has 0 amide bonds. The van der Waals surface area contributed by atoms with Crippen molar-refractivity contribution >= 4 is 22.1 Å². The lowest BCUT2D eigenvalue weighted by molar-refractivity contribution is -0.140. The van der Waals surface area contributed by atoms with E-state index in [1.807, 2.05) is 6.92 Å². The molecule has 8 nitrogen and oxygen atoms in total. The Morgan fingerprint density at radius 2 is 1.85 bits per heavy atom. The van der Waals surface area contributed by atoms with Crippen molar-refractivity contribution in [1.82, 2.24) is 0 Å². The number of fused-ring (bicyclic) bond motifs is 1. The largest absolute Gasteiger partial charge is 0.507 e. The number of cyclic esters (lactones) is 1. The lowest BCUT2D eigenvalue weighted by Crippen LogP contribution is -2.14. The van der Waals surface area contributed by atoms with E-state index >= 15 is 0 Å². The number of hydrogen-bond acceptors (Lipinski definition) is 8. The van der Waals surface area contributed by atoms with Crippen molar-refractivity contribution in [3.8, 4) is 11.5 Å². The van der Waals surface area contributed by atoms with Crippen molar-refractivity contribution < 1.29 is 36.8 Å². The molecule has 0 unspecified atom stereocenters. The molecule has 3 rings (SSSR count). The summed E-state index contributed by atoms with van der Waals surface area (Å²) < 4.78 is 41.2. The summed E-state index contributed by atoms with van der Waals surface area (Å²) in [5, 5.41) is 10.9. The molecule has 33 heavy (non-hydrogen) atoms. The molecule has 176 valence electrons. The SMILES string of the molecule is COC(=O)CC/C(C)=C/Cc1c(O)c(C)c2c(c1OS(=O)(=O)c1ccc(C)cc1)C(=O)OC2. The highest BCUT2D eigenvalue weighted by molar-refractivity contribution is 7.87. The van der Waals surface area contributed by atoms with Crippen molar-refractivity contribution in [3.05, 3.63) is 63.7 Å². The van der Waals surface area contributed by atoms with Crippen LogP contribution in [0.2, 0.25) is 0 Å². The Morgan fingerprint density at radius 1 is 1.18 bits per heavy atom. The zero-order valence-electron chi connectivity index (χ0n) is 18.9. The molecule has 0 aliphatic carbocycles. The molecular formula is C24H26O8S. The maximum absolute atomic E-state index is 13.0. The summed E-state index contributed by atoms with van der Waals surface area (Å²) in [5.74, 6) is -1.48. The zero-order valence-corrected chi connectivity index (χ0v) is 19.7. The molecule has 1 heterocycles. The van der Waals surface area contributed by atoms with E-state index in [0.717, 1.165) is 11.1 Å². The van der Waals surface area contributed by atoms with Crippen LogP contribution in [0.15, 0.2) is 40.8 Å². The number of esters is 2. The number of allylic oxidation sites excluding steroid dienone is 2. The van der Waals surface area contributed by atoms with Crippen molar-refractivity contribution in [3.63, 3.8) is 0 Å². The number of ether oxygens (including phenoxy) is 2. The molecule has 0 fully saturated rings. The van der Waals surface area contributed by atoms with Gasteiger partial charge in [-0.3, -0.25) is 4.79 Å². The minimum Gasteiger partial charge on any atom is -0.507 e. The molecule has 0 atom stereocenters. The van der Waals surface area contributed by atoms with E-state index in [2.05, 4.69) is 4.74 Å². The molecule has 2 aromatic carbocycles. The normalized spacial score (nSPS) is 13.5. The van der Waals surface area contributed by atoms with Crippen LogP contribution in [0.3, 0.4) is 0 Å². The van der Waals surface area contributed by atoms with Gasteiger partial charge in [0.2, 0.25) is 0 Å². The van der Waals surface area contributed by atoms with Gasteiger partial charge < -0.3 is 18.8 Å². The van der Waals surface area contributed by atoms with E-state index in [1.165, 1.54) is 19.2 Å². The quantitative estimate of drug-likeness (QED) is 0.348. The Labute approximate surface area is 192 Å². The molecule has 1 aliphatic heterocycles. The number of hydrogen-bond donors (Lipinski definition) is 1. The fourth-order valence-electron chi connectivity index (χ4n) is 3.48. The Kier molecular flexibility index (Phi) is 7.12. The maximum atomic E-state index is 13.0. The van der Waals surface area contributed by atoms with Crippen molar-refractivity contribution in [2.75, 3.05) is 7.11 Å². The third-order valence-corrected chi connectivity index (χ3v) is 6.79. The highest BCUT2D eigenvalue weighted by Crippen LogP contribution is 2.43. The fourth-order valence-corrected chi connectivity index (χ4v) is 4.45. The van der Waals surface area contributed by atoms with Crippen LogP contribution in [-0.4, -0.2) is 32.6 Å². The summed E-state index contributed by atoms with van der Waals surface area (Å²) in [4.78, 5) is 23.8. The van der Waals surface area contributed by atoms with Crippen LogP contribution in [0.25, 0.3) is 0 Å². The van der Waals surface area contributed by atoms with Crippen LogP contribution >= 0.6 is 0 Å². The second-order valence-electron chi connectivity index (χ2n) is 7.89. The number of carbonyl (C=O) groups excluding carboxylic acids is 2. The monoisotopic (exact) mass is 474 g/mol.